The molecule has 0 aliphatic rings. The van der Waals surface area contributed by atoms with Crippen molar-refractivity contribution < 1.29 is 9.53 Å². The van der Waals surface area contributed by atoms with Gasteiger partial charge in [0.05, 0.1) is 0 Å². The fraction of sp³-hybridized carbons (Fsp3) is 0.533. The summed E-state index contributed by atoms with van der Waals surface area (Å²) in [4.78, 5) is 11.2. The molecule has 1 amide bonds. The molecule has 1 unspecified atom stereocenters. The highest BCUT2D eigenvalue weighted by atomic mass is 16.5. The first kappa shape index (κ1) is 15.5. The summed E-state index contributed by atoms with van der Waals surface area (Å²) in [7, 11) is 1.69. The number of benzene rings is 1. The average molecular weight is 264 g/mol. The number of hydrogen-bond acceptors (Lipinski definition) is 3. The monoisotopic (exact) mass is 264 g/mol. The van der Waals surface area contributed by atoms with Gasteiger partial charge in [0.1, 0.15) is 18.4 Å². The molecule has 0 spiro atoms. The van der Waals surface area contributed by atoms with Gasteiger partial charge in [0.25, 0.3) is 0 Å². The van der Waals surface area contributed by atoms with Gasteiger partial charge in [0.2, 0.25) is 5.91 Å². The summed E-state index contributed by atoms with van der Waals surface area (Å²) in [5.41, 5.74) is 7.59. The van der Waals surface area contributed by atoms with E-state index in [9.17, 15) is 4.79 Å². The van der Waals surface area contributed by atoms with Crippen molar-refractivity contribution in [1.82, 2.24) is 5.32 Å². The molecule has 0 bridgehead atoms. The Balaban J connectivity index is 2.92. The maximum atomic E-state index is 11.2. The lowest BCUT2D eigenvalue weighted by Crippen LogP contribution is -2.43. The predicted octanol–water partition coefficient (Wildman–Crippen LogP) is 1.74. The first-order valence-corrected chi connectivity index (χ1v) is 6.46. The molecule has 106 valence electrons. The number of primary amides is 1. The van der Waals surface area contributed by atoms with Crippen molar-refractivity contribution in [2.45, 2.75) is 39.2 Å². The molecule has 4 heteroatoms. The van der Waals surface area contributed by atoms with Crippen molar-refractivity contribution in [2.24, 2.45) is 5.73 Å². The minimum Gasteiger partial charge on any atom is -0.491 e. The lowest BCUT2D eigenvalue weighted by molar-refractivity contribution is -0.120. The number of rotatable bonds is 5. The Hall–Kier alpha value is -1.55. The number of carbonyl (C=O) groups excluding carboxylic acids is 1. The number of likely N-dealkylation sites (N-methyl/N-ethyl adjacent to an activating group) is 1. The van der Waals surface area contributed by atoms with E-state index >= 15 is 0 Å². The highest BCUT2D eigenvalue weighted by Crippen LogP contribution is 2.32. The molecule has 1 atom stereocenters. The molecule has 0 aliphatic carbocycles. The lowest BCUT2D eigenvalue weighted by atomic mass is 9.85. The number of hydrogen-bond donors (Lipinski definition) is 2. The molecule has 19 heavy (non-hydrogen) atoms. The summed E-state index contributed by atoms with van der Waals surface area (Å²) in [6, 6.07) is 5.59. The Labute approximate surface area is 115 Å². The first-order valence-electron chi connectivity index (χ1n) is 6.46. The van der Waals surface area contributed by atoms with Gasteiger partial charge >= 0.3 is 0 Å². The number of nitrogens with two attached hydrogens (primary N) is 1. The van der Waals surface area contributed by atoms with Gasteiger partial charge in [-0.15, -0.1) is 0 Å². The fourth-order valence-electron chi connectivity index (χ4n) is 1.84. The second-order valence-corrected chi connectivity index (χ2v) is 5.80. The zero-order chi connectivity index (χ0) is 14.6. The van der Waals surface area contributed by atoms with E-state index in [0.29, 0.717) is 0 Å². The van der Waals surface area contributed by atoms with Crippen LogP contribution in [0.4, 0.5) is 0 Å². The SMILES string of the molecule is CNC(COc1ccc(C)cc1C(C)(C)C)C(N)=O. The van der Waals surface area contributed by atoms with Crippen molar-refractivity contribution in [3.05, 3.63) is 29.3 Å². The van der Waals surface area contributed by atoms with E-state index in [0.717, 1.165) is 11.3 Å². The van der Waals surface area contributed by atoms with Gasteiger partial charge in [0, 0.05) is 0 Å². The zero-order valence-electron chi connectivity index (χ0n) is 12.4. The second-order valence-electron chi connectivity index (χ2n) is 5.80. The average Bonchev–Trinajstić information content (AvgIpc) is 2.29. The largest absolute Gasteiger partial charge is 0.491 e. The van der Waals surface area contributed by atoms with Crippen molar-refractivity contribution in [1.29, 1.82) is 0 Å². The van der Waals surface area contributed by atoms with Crippen molar-refractivity contribution in [3.63, 3.8) is 0 Å². The molecule has 0 radical (unpaired) electrons. The molecule has 3 N–H and O–H groups in total. The van der Waals surface area contributed by atoms with Gasteiger partial charge in [-0.25, -0.2) is 0 Å². The minimum atomic E-state index is -0.478. The fourth-order valence-corrected chi connectivity index (χ4v) is 1.84. The van der Waals surface area contributed by atoms with E-state index in [4.69, 9.17) is 10.5 Å². The Bertz CT molecular complexity index is 450. The molecule has 1 aromatic rings. The molecule has 0 aromatic heterocycles. The van der Waals surface area contributed by atoms with E-state index in [-0.39, 0.29) is 12.0 Å². The molecule has 0 saturated heterocycles. The number of ether oxygens (including phenoxy) is 1. The Morgan fingerprint density at radius 2 is 2.05 bits per heavy atom. The van der Waals surface area contributed by atoms with E-state index in [2.05, 4.69) is 39.1 Å². The topological polar surface area (TPSA) is 64.3 Å². The summed E-state index contributed by atoms with van der Waals surface area (Å²) < 4.78 is 5.77. The van der Waals surface area contributed by atoms with Gasteiger partial charge in [-0.05, 0) is 31.0 Å². The van der Waals surface area contributed by atoms with Crippen LogP contribution in [0.3, 0.4) is 0 Å². The highest BCUT2D eigenvalue weighted by molar-refractivity contribution is 5.80. The third-order valence-corrected chi connectivity index (χ3v) is 3.04. The van der Waals surface area contributed by atoms with Crippen LogP contribution >= 0.6 is 0 Å². The third kappa shape index (κ3) is 4.24. The zero-order valence-corrected chi connectivity index (χ0v) is 12.4. The molecular weight excluding hydrogens is 240 g/mol. The molecule has 0 saturated carbocycles. The number of nitrogens with one attached hydrogen (secondary N) is 1. The molecule has 1 aromatic carbocycles. The Morgan fingerprint density at radius 1 is 1.42 bits per heavy atom. The van der Waals surface area contributed by atoms with Crippen LogP contribution in [0, 0.1) is 6.92 Å². The molecule has 0 heterocycles. The molecule has 4 nitrogen and oxygen atoms in total. The normalized spacial score (nSPS) is 13.1. The van der Waals surface area contributed by atoms with E-state index in [1.165, 1.54) is 5.56 Å². The van der Waals surface area contributed by atoms with Crippen LogP contribution in [-0.2, 0) is 10.2 Å². The minimum absolute atomic E-state index is 0.0107. The smallest absolute Gasteiger partial charge is 0.238 e. The quantitative estimate of drug-likeness (QED) is 0.851. The van der Waals surface area contributed by atoms with E-state index < -0.39 is 11.9 Å². The summed E-state index contributed by atoms with van der Waals surface area (Å²) in [6.45, 7) is 8.70. The van der Waals surface area contributed by atoms with Crippen LogP contribution in [0.5, 0.6) is 5.75 Å². The van der Waals surface area contributed by atoms with Crippen LogP contribution in [0.2, 0.25) is 0 Å². The first-order chi connectivity index (χ1) is 8.75. The third-order valence-electron chi connectivity index (χ3n) is 3.04. The summed E-state index contributed by atoms with van der Waals surface area (Å²) >= 11 is 0. The molecule has 0 fully saturated rings. The molecular formula is C15H24N2O2. The van der Waals surface area contributed by atoms with Crippen LogP contribution in [0.1, 0.15) is 31.9 Å². The van der Waals surface area contributed by atoms with Gasteiger partial charge in [-0.2, -0.15) is 0 Å². The summed E-state index contributed by atoms with van der Waals surface area (Å²) in [6.07, 6.45) is 0. The second kappa shape index (κ2) is 6.06. The number of carbonyl (C=O) groups is 1. The van der Waals surface area contributed by atoms with Crippen LogP contribution < -0.4 is 15.8 Å². The summed E-state index contributed by atoms with van der Waals surface area (Å²) in [5.74, 6) is 0.395. The maximum absolute atomic E-state index is 11.2. The lowest BCUT2D eigenvalue weighted by Gasteiger charge is -2.24. The standard InChI is InChI=1S/C15H24N2O2/c1-10-6-7-13(11(8-10)15(2,3)4)19-9-12(17-5)14(16)18/h6-8,12,17H,9H2,1-5H3,(H2,16,18). The van der Waals surface area contributed by atoms with Gasteiger partial charge in [-0.1, -0.05) is 38.5 Å². The van der Waals surface area contributed by atoms with Crippen LogP contribution in [0.15, 0.2) is 18.2 Å². The Kier molecular flexibility index (Phi) is 4.95. The van der Waals surface area contributed by atoms with Crippen LogP contribution in [0.25, 0.3) is 0 Å². The highest BCUT2D eigenvalue weighted by Gasteiger charge is 2.20. The van der Waals surface area contributed by atoms with Gasteiger partial charge in [0.15, 0.2) is 0 Å². The predicted molar refractivity (Wildman–Crippen MR) is 77.4 cm³/mol. The Morgan fingerprint density at radius 3 is 2.53 bits per heavy atom. The van der Waals surface area contributed by atoms with Crippen molar-refractivity contribution in [2.75, 3.05) is 13.7 Å². The summed E-state index contributed by atoms with van der Waals surface area (Å²) in [5, 5.41) is 2.84. The van der Waals surface area contributed by atoms with E-state index in [1.54, 1.807) is 7.05 Å². The van der Waals surface area contributed by atoms with Gasteiger partial charge < -0.3 is 15.8 Å². The maximum Gasteiger partial charge on any atom is 0.238 e. The van der Waals surface area contributed by atoms with Crippen LogP contribution in [-0.4, -0.2) is 25.6 Å². The van der Waals surface area contributed by atoms with Crippen molar-refractivity contribution in [3.8, 4) is 5.75 Å². The molecule has 0 aliphatic heterocycles. The van der Waals surface area contributed by atoms with E-state index in [1.807, 2.05) is 12.1 Å². The number of aryl methyl sites for hydroxylation is 1. The van der Waals surface area contributed by atoms with Gasteiger partial charge in [-0.3, -0.25) is 4.79 Å². The number of amides is 1. The molecule has 1 rings (SSSR count). The van der Waals surface area contributed by atoms with Crippen molar-refractivity contribution >= 4 is 5.91 Å².